The van der Waals surface area contributed by atoms with E-state index in [1.807, 2.05) is 18.2 Å². The molecule has 2 rings (SSSR count). The molecule has 0 aliphatic rings. The van der Waals surface area contributed by atoms with Crippen LogP contribution >= 0.6 is 0 Å². The van der Waals surface area contributed by atoms with E-state index >= 15 is 0 Å². The van der Waals surface area contributed by atoms with Crippen molar-refractivity contribution >= 4 is 11.0 Å². The van der Waals surface area contributed by atoms with E-state index in [2.05, 4.69) is 13.0 Å². The summed E-state index contributed by atoms with van der Waals surface area (Å²) in [4.78, 5) is 0. The Hall–Kier alpha value is -1.24. The fourth-order valence-electron chi connectivity index (χ4n) is 1.06. The van der Waals surface area contributed by atoms with E-state index in [0.717, 1.165) is 11.0 Å². The maximum absolute atomic E-state index is 5.14. The van der Waals surface area contributed by atoms with Crippen molar-refractivity contribution in [3.8, 4) is 0 Å². The number of rotatable bonds is 0. The highest BCUT2D eigenvalue weighted by molar-refractivity contribution is 5.79. The van der Waals surface area contributed by atoms with Crippen LogP contribution in [0.4, 0.5) is 0 Å². The minimum atomic E-state index is 0.847. The number of benzene rings is 1. The van der Waals surface area contributed by atoms with Crippen LogP contribution in [-0.4, -0.2) is 0 Å². The van der Waals surface area contributed by atoms with Crippen molar-refractivity contribution in [1.29, 1.82) is 0 Å². The summed E-state index contributed by atoms with van der Waals surface area (Å²) >= 11 is 0. The molecule has 0 saturated carbocycles. The molecule has 1 heteroatoms. The number of aryl methyl sites for hydroxylation is 1. The van der Waals surface area contributed by atoms with Crippen molar-refractivity contribution in [2.75, 3.05) is 0 Å². The van der Waals surface area contributed by atoms with Gasteiger partial charge >= 0.3 is 0 Å². The third kappa shape index (κ3) is 0.637. The largest absolute Gasteiger partial charge is 0.464 e. The Balaban J connectivity index is 2.95. The molecule has 49 valence electrons. The Morgan fingerprint density at radius 3 is 3.10 bits per heavy atom. The van der Waals surface area contributed by atoms with Crippen LogP contribution in [-0.2, 0) is 0 Å². The van der Waals surface area contributed by atoms with Gasteiger partial charge in [-0.2, -0.15) is 0 Å². The molecule has 10 heavy (non-hydrogen) atoms. The molecule has 0 aliphatic heterocycles. The smallest absolute Gasteiger partial charge is 0.142 e. The zero-order valence-corrected chi connectivity index (χ0v) is 5.72. The second-order valence-electron chi connectivity index (χ2n) is 2.32. The number of fused-ring (bicyclic) bond motifs is 1. The summed E-state index contributed by atoms with van der Waals surface area (Å²) in [5.74, 6) is 0. The van der Waals surface area contributed by atoms with Crippen LogP contribution in [0.5, 0.6) is 0 Å². The number of furan rings is 1. The summed E-state index contributed by atoms with van der Waals surface area (Å²) in [7, 11) is 0. The molecule has 0 atom stereocenters. The number of hydrogen-bond donors (Lipinski definition) is 0. The first kappa shape index (κ1) is 5.54. The van der Waals surface area contributed by atoms with Gasteiger partial charge in [-0.1, -0.05) is 12.1 Å². The van der Waals surface area contributed by atoms with Gasteiger partial charge in [-0.3, -0.25) is 0 Å². The molecule has 0 unspecified atom stereocenters. The normalized spacial score (nSPS) is 10.5. The highest BCUT2D eigenvalue weighted by Gasteiger charge is 1.96. The van der Waals surface area contributed by atoms with Gasteiger partial charge in [0.2, 0.25) is 0 Å². The maximum Gasteiger partial charge on any atom is 0.142 e. The van der Waals surface area contributed by atoms with Crippen LogP contribution in [0.2, 0.25) is 0 Å². The second-order valence-corrected chi connectivity index (χ2v) is 2.32. The van der Waals surface area contributed by atoms with Gasteiger partial charge in [-0.05, 0) is 18.6 Å². The number of hydrogen-bond acceptors (Lipinski definition) is 1. The highest BCUT2D eigenvalue weighted by atomic mass is 16.3. The second kappa shape index (κ2) is 1.87. The van der Waals surface area contributed by atoms with Gasteiger partial charge in [0.15, 0.2) is 0 Å². The van der Waals surface area contributed by atoms with Crippen molar-refractivity contribution in [2.24, 2.45) is 0 Å². The Morgan fingerprint density at radius 2 is 2.30 bits per heavy atom. The third-order valence-electron chi connectivity index (χ3n) is 1.64. The highest BCUT2D eigenvalue weighted by Crippen LogP contribution is 2.17. The topological polar surface area (TPSA) is 13.1 Å². The minimum Gasteiger partial charge on any atom is -0.464 e. The fourth-order valence-corrected chi connectivity index (χ4v) is 1.06. The monoisotopic (exact) mass is 131 g/mol. The van der Waals surface area contributed by atoms with Gasteiger partial charge in [0.05, 0.1) is 6.26 Å². The molecule has 1 radical (unpaired) electrons. The Bertz CT molecular complexity index is 346. The fraction of sp³-hybridized carbons (Fsp3) is 0.111. The summed E-state index contributed by atoms with van der Waals surface area (Å²) in [6.45, 7) is 2.06. The van der Waals surface area contributed by atoms with Crippen molar-refractivity contribution < 1.29 is 4.42 Å². The first-order chi connectivity index (χ1) is 4.88. The van der Waals surface area contributed by atoms with E-state index in [9.17, 15) is 0 Å². The van der Waals surface area contributed by atoms with Gasteiger partial charge in [0, 0.05) is 11.5 Å². The van der Waals surface area contributed by atoms with E-state index in [1.165, 1.54) is 5.56 Å². The molecule has 0 fully saturated rings. The molecule has 1 nitrogen and oxygen atoms in total. The first-order valence-electron chi connectivity index (χ1n) is 3.22. The van der Waals surface area contributed by atoms with Gasteiger partial charge in [-0.15, -0.1) is 0 Å². The molecule has 1 aromatic carbocycles. The minimum absolute atomic E-state index is 0.847. The van der Waals surface area contributed by atoms with Crippen LogP contribution in [0, 0.1) is 13.0 Å². The quantitative estimate of drug-likeness (QED) is 0.535. The first-order valence-corrected chi connectivity index (χ1v) is 3.22. The van der Waals surface area contributed by atoms with Gasteiger partial charge in [-0.25, -0.2) is 0 Å². The Morgan fingerprint density at radius 1 is 1.40 bits per heavy atom. The molecule has 0 N–H and O–H groups in total. The standard InChI is InChI=1S/C9H7O/c1-7-3-2-4-9-8(7)5-6-10-9/h2-3,5-6H,1H3. The van der Waals surface area contributed by atoms with E-state index in [4.69, 9.17) is 4.42 Å². The summed E-state index contributed by atoms with van der Waals surface area (Å²) < 4.78 is 5.14. The summed E-state index contributed by atoms with van der Waals surface area (Å²) in [6, 6.07) is 8.87. The van der Waals surface area contributed by atoms with Crippen molar-refractivity contribution in [3.63, 3.8) is 0 Å². The summed E-state index contributed by atoms with van der Waals surface area (Å²) in [6.07, 6.45) is 1.69. The van der Waals surface area contributed by atoms with Crippen LogP contribution in [0.3, 0.4) is 0 Å². The average Bonchev–Trinajstić information content (AvgIpc) is 2.36. The van der Waals surface area contributed by atoms with Crippen LogP contribution in [0.1, 0.15) is 5.56 Å². The van der Waals surface area contributed by atoms with Crippen molar-refractivity contribution in [2.45, 2.75) is 6.92 Å². The molecular formula is C9H7O. The van der Waals surface area contributed by atoms with E-state index < -0.39 is 0 Å². The maximum atomic E-state index is 5.14. The molecule has 1 heterocycles. The van der Waals surface area contributed by atoms with Crippen LogP contribution < -0.4 is 0 Å². The molecule has 1 aromatic heterocycles. The molecular weight excluding hydrogens is 124 g/mol. The third-order valence-corrected chi connectivity index (χ3v) is 1.64. The molecule has 0 bridgehead atoms. The van der Waals surface area contributed by atoms with Crippen LogP contribution in [0.15, 0.2) is 28.9 Å². The lowest BCUT2D eigenvalue weighted by molar-refractivity contribution is 0.615. The molecule has 0 saturated heterocycles. The van der Waals surface area contributed by atoms with E-state index in [0.29, 0.717) is 0 Å². The predicted molar refractivity (Wildman–Crippen MR) is 39.8 cm³/mol. The Kier molecular flexibility index (Phi) is 1.04. The Labute approximate surface area is 59.3 Å². The lowest BCUT2D eigenvalue weighted by Gasteiger charge is -1.90. The predicted octanol–water partition coefficient (Wildman–Crippen LogP) is 2.54. The molecule has 0 aliphatic carbocycles. The van der Waals surface area contributed by atoms with E-state index in [1.54, 1.807) is 6.26 Å². The van der Waals surface area contributed by atoms with Crippen molar-refractivity contribution in [1.82, 2.24) is 0 Å². The van der Waals surface area contributed by atoms with Crippen molar-refractivity contribution in [3.05, 3.63) is 36.1 Å². The molecule has 0 spiro atoms. The van der Waals surface area contributed by atoms with E-state index in [-0.39, 0.29) is 0 Å². The SMILES string of the molecule is Cc1cc[c]c2occc12. The van der Waals surface area contributed by atoms with Gasteiger partial charge < -0.3 is 4.42 Å². The van der Waals surface area contributed by atoms with Crippen LogP contribution in [0.25, 0.3) is 11.0 Å². The lowest BCUT2D eigenvalue weighted by Crippen LogP contribution is -1.70. The summed E-state index contributed by atoms with van der Waals surface area (Å²) in [5, 5.41) is 1.16. The zero-order valence-electron chi connectivity index (χ0n) is 5.72. The van der Waals surface area contributed by atoms with Gasteiger partial charge in [0.1, 0.15) is 5.58 Å². The molecule has 0 amide bonds. The lowest BCUT2D eigenvalue weighted by atomic mass is 10.1. The zero-order chi connectivity index (χ0) is 6.97. The average molecular weight is 131 g/mol. The molecule has 2 aromatic rings. The van der Waals surface area contributed by atoms with Gasteiger partial charge in [0.25, 0.3) is 0 Å². The summed E-state index contributed by atoms with van der Waals surface area (Å²) in [5.41, 5.74) is 2.09.